The van der Waals surface area contributed by atoms with Gasteiger partial charge < -0.3 is 10.1 Å². The van der Waals surface area contributed by atoms with Crippen molar-refractivity contribution in [1.29, 1.82) is 0 Å². The molecule has 1 N–H and O–H groups in total. The third-order valence-corrected chi connectivity index (χ3v) is 8.70. The minimum absolute atomic E-state index is 0.139. The first kappa shape index (κ1) is 23.8. The lowest BCUT2D eigenvalue weighted by Gasteiger charge is -2.38. The third kappa shape index (κ3) is 5.10. The standard InChI is InChI=1S/C24H28F2N2O4S/c25-20-5-3-4-19(16-20)24(10-14-32-15-11-24)17-27-23(29)18-8-12-28(13-9-18)33(30,31)22-7-2-1-6-21(22)26/h1-7,16,18H,8-15,17H2,(H,27,29). The number of benzene rings is 2. The van der Waals surface area contributed by atoms with Crippen molar-refractivity contribution < 1.29 is 26.7 Å². The highest BCUT2D eigenvalue weighted by atomic mass is 32.2. The molecule has 178 valence electrons. The van der Waals surface area contributed by atoms with Gasteiger partial charge in [-0.25, -0.2) is 17.2 Å². The highest BCUT2D eigenvalue weighted by Gasteiger charge is 2.37. The number of ether oxygens (including phenoxy) is 1. The van der Waals surface area contributed by atoms with Crippen LogP contribution in [0, 0.1) is 17.6 Å². The van der Waals surface area contributed by atoms with Gasteiger partial charge >= 0.3 is 0 Å². The summed E-state index contributed by atoms with van der Waals surface area (Å²) >= 11 is 0. The highest BCUT2D eigenvalue weighted by Crippen LogP contribution is 2.35. The molecule has 33 heavy (non-hydrogen) atoms. The molecule has 0 bridgehead atoms. The largest absolute Gasteiger partial charge is 0.381 e. The van der Waals surface area contributed by atoms with Gasteiger partial charge in [-0.15, -0.1) is 0 Å². The topological polar surface area (TPSA) is 75.7 Å². The summed E-state index contributed by atoms with van der Waals surface area (Å²) in [6.45, 7) is 1.75. The molecular weight excluding hydrogens is 450 g/mol. The van der Waals surface area contributed by atoms with Gasteiger partial charge in [0.2, 0.25) is 15.9 Å². The minimum Gasteiger partial charge on any atom is -0.381 e. The van der Waals surface area contributed by atoms with E-state index in [1.54, 1.807) is 6.07 Å². The first-order chi connectivity index (χ1) is 15.8. The summed E-state index contributed by atoms with van der Waals surface area (Å²) in [4.78, 5) is 12.6. The van der Waals surface area contributed by atoms with Crippen molar-refractivity contribution in [1.82, 2.24) is 9.62 Å². The van der Waals surface area contributed by atoms with Crippen LogP contribution in [0.15, 0.2) is 53.4 Å². The molecule has 1 amide bonds. The SMILES string of the molecule is O=C(NCC1(c2cccc(F)c2)CCOCC1)C1CCN(S(=O)(=O)c2ccccc2F)CC1. The van der Waals surface area contributed by atoms with Crippen LogP contribution in [0.5, 0.6) is 0 Å². The summed E-state index contributed by atoms with van der Waals surface area (Å²) < 4.78 is 60.2. The maximum Gasteiger partial charge on any atom is 0.245 e. The zero-order chi connectivity index (χ0) is 23.5. The summed E-state index contributed by atoms with van der Waals surface area (Å²) in [6.07, 6.45) is 2.07. The van der Waals surface area contributed by atoms with Crippen molar-refractivity contribution >= 4 is 15.9 Å². The number of rotatable bonds is 6. The van der Waals surface area contributed by atoms with Crippen molar-refractivity contribution in [3.63, 3.8) is 0 Å². The molecular formula is C24H28F2N2O4S. The maximum atomic E-state index is 14.0. The van der Waals surface area contributed by atoms with Crippen molar-refractivity contribution in [3.05, 3.63) is 65.7 Å². The number of hydrogen-bond donors (Lipinski definition) is 1. The summed E-state index contributed by atoms with van der Waals surface area (Å²) in [5, 5.41) is 3.03. The molecule has 9 heteroatoms. The van der Waals surface area contributed by atoms with Crippen LogP contribution in [0.4, 0.5) is 8.78 Å². The molecule has 2 aliphatic heterocycles. The second-order valence-corrected chi connectivity index (χ2v) is 10.6. The summed E-state index contributed by atoms with van der Waals surface area (Å²) in [6, 6.07) is 11.8. The molecule has 4 rings (SSSR count). The molecule has 2 aromatic carbocycles. The lowest BCUT2D eigenvalue weighted by atomic mass is 9.74. The average molecular weight is 479 g/mol. The maximum absolute atomic E-state index is 14.0. The lowest BCUT2D eigenvalue weighted by Crippen LogP contribution is -2.48. The van der Waals surface area contributed by atoms with E-state index in [0.29, 0.717) is 45.4 Å². The van der Waals surface area contributed by atoms with E-state index in [1.165, 1.54) is 34.6 Å². The van der Waals surface area contributed by atoms with Gasteiger partial charge in [-0.2, -0.15) is 4.31 Å². The second kappa shape index (κ2) is 9.87. The number of sulfonamides is 1. The molecule has 0 saturated carbocycles. The Kier molecular flexibility index (Phi) is 7.11. The smallest absolute Gasteiger partial charge is 0.245 e. The van der Waals surface area contributed by atoms with Crippen LogP contribution in [-0.2, 0) is 25.0 Å². The molecule has 0 aliphatic carbocycles. The van der Waals surface area contributed by atoms with E-state index in [-0.39, 0.29) is 35.6 Å². The highest BCUT2D eigenvalue weighted by molar-refractivity contribution is 7.89. The zero-order valence-corrected chi connectivity index (χ0v) is 19.1. The van der Waals surface area contributed by atoms with E-state index < -0.39 is 21.3 Å². The molecule has 0 atom stereocenters. The predicted octanol–water partition coefficient (Wildman–Crippen LogP) is 3.23. The number of carbonyl (C=O) groups is 1. The molecule has 2 heterocycles. The predicted molar refractivity (Wildman–Crippen MR) is 119 cm³/mol. The van der Waals surface area contributed by atoms with Crippen LogP contribution in [-0.4, -0.2) is 51.5 Å². The third-order valence-electron chi connectivity index (χ3n) is 6.77. The first-order valence-corrected chi connectivity index (χ1v) is 12.6. The molecule has 0 unspecified atom stereocenters. The number of hydrogen-bond acceptors (Lipinski definition) is 4. The Bertz CT molecular complexity index is 1100. The van der Waals surface area contributed by atoms with Crippen molar-refractivity contribution in [3.8, 4) is 0 Å². The molecule has 2 fully saturated rings. The van der Waals surface area contributed by atoms with Gasteiger partial charge in [0.05, 0.1) is 0 Å². The molecule has 0 aromatic heterocycles. The van der Waals surface area contributed by atoms with Crippen LogP contribution < -0.4 is 5.32 Å². The minimum atomic E-state index is -3.94. The Labute approximate surface area is 193 Å². The molecule has 6 nitrogen and oxygen atoms in total. The number of halogens is 2. The number of piperidine rings is 1. The molecule has 0 radical (unpaired) electrons. The van der Waals surface area contributed by atoms with Gasteiger partial charge in [-0.3, -0.25) is 4.79 Å². The molecule has 0 spiro atoms. The molecule has 2 saturated heterocycles. The van der Waals surface area contributed by atoms with Gasteiger partial charge in [0.15, 0.2) is 0 Å². The Morgan fingerprint density at radius 1 is 1.06 bits per heavy atom. The quantitative estimate of drug-likeness (QED) is 0.692. The van der Waals surface area contributed by atoms with Crippen LogP contribution in [0.3, 0.4) is 0 Å². The Balaban J connectivity index is 1.38. The number of nitrogens with zero attached hydrogens (tertiary/aromatic N) is 1. The van der Waals surface area contributed by atoms with Gasteiger partial charge in [0, 0.05) is 44.2 Å². The Morgan fingerprint density at radius 2 is 1.76 bits per heavy atom. The fourth-order valence-corrected chi connectivity index (χ4v) is 6.23. The first-order valence-electron chi connectivity index (χ1n) is 11.2. The second-order valence-electron chi connectivity index (χ2n) is 8.73. The Morgan fingerprint density at radius 3 is 2.42 bits per heavy atom. The van der Waals surface area contributed by atoms with E-state index in [2.05, 4.69) is 5.32 Å². The van der Waals surface area contributed by atoms with Gasteiger partial charge in [0.1, 0.15) is 16.5 Å². The lowest BCUT2D eigenvalue weighted by molar-refractivity contribution is -0.126. The molecule has 2 aromatic rings. The van der Waals surface area contributed by atoms with E-state index in [9.17, 15) is 22.0 Å². The van der Waals surface area contributed by atoms with Crippen LogP contribution >= 0.6 is 0 Å². The van der Waals surface area contributed by atoms with Gasteiger partial charge in [-0.1, -0.05) is 24.3 Å². The van der Waals surface area contributed by atoms with E-state index in [1.807, 2.05) is 6.07 Å². The van der Waals surface area contributed by atoms with E-state index >= 15 is 0 Å². The fraction of sp³-hybridized carbons (Fsp3) is 0.458. The summed E-state index contributed by atoms with van der Waals surface area (Å²) in [5.74, 6) is -1.56. The van der Waals surface area contributed by atoms with Crippen molar-refractivity contribution in [2.45, 2.75) is 36.0 Å². The van der Waals surface area contributed by atoms with Crippen LogP contribution in [0.25, 0.3) is 0 Å². The normalized spacial score (nSPS) is 19.8. The average Bonchev–Trinajstić information content (AvgIpc) is 2.83. The molecule has 2 aliphatic rings. The Hall–Kier alpha value is -2.36. The fourth-order valence-electron chi connectivity index (χ4n) is 4.70. The van der Waals surface area contributed by atoms with Crippen molar-refractivity contribution in [2.24, 2.45) is 5.92 Å². The van der Waals surface area contributed by atoms with E-state index in [4.69, 9.17) is 4.74 Å². The van der Waals surface area contributed by atoms with Crippen molar-refractivity contribution in [2.75, 3.05) is 32.8 Å². The van der Waals surface area contributed by atoms with Crippen LogP contribution in [0.2, 0.25) is 0 Å². The van der Waals surface area contributed by atoms with Gasteiger partial charge in [-0.05, 0) is 55.5 Å². The summed E-state index contributed by atoms with van der Waals surface area (Å²) in [7, 11) is -3.94. The van der Waals surface area contributed by atoms with E-state index in [0.717, 1.165) is 11.6 Å². The number of amides is 1. The van der Waals surface area contributed by atoms with Crippen LogP contribution in [0.1, 0.15) is 31.2 Å². The zero-order valence-electron chi connectivity index (χ0n) is 18.3. The number of carbonyl (C=O) groups excluding carboxylic acids is 1. The monoisotopic (exact) mass is 478 g/mol. The summed E-state index contributed by atoms with van der Waals surface area (Å²) in [5.41, 5.74) is 0.446. The number of nitrogens with one attached hydrogen (secondary N) is 1. The van der Waals surface area contributed by atoms with Gasteiger partial charge in [0.25, 0.3) is 0 Å².